The Morgan fingerprint density at radius 3 is 2.71 bits per heavy atom. The maximum Gasteiger partial charge on any atom is 0.217 e. The van der Waals surface area contributed by atoms with E-state index in [1.165, 1.54) is 4.31 Å². The van der Waals surface area contributed by atoms with Crippen molar-refractivity contribution in [3.05, 3.63) is 0 Å². The lowest BCUT2D eigenvalue weighted by atomic mass is 10.2. The molecule has 0 amide bonds. The quantitative estimate of drug-likeness (QED) is 0.746. The zero-order valence-electron chi connectivity index (χ0n) is 8.99. The lowest BCUT2D eigenvalue weighted by molar-refractivity contribution is 0.431. The number of hydrogen-bond donors (Lipinski definition) is 1. The molecular formula is C9H20N2O2S. The van der Waals surface area contributed by atoms with Crippen LogP contribution in [0, 0.1) is 0 Å². The minimum Gasteiger partial charge on any atom is -0.315 e. The molecule has 1 aliphatic rings. The van der Waals surface area contributed by atoms with Gasteiger partial charge in [-0.1, -0.05) is 6.92 Å². The second-order valence-corrected chi connectivity index (χ2v) is 6.15. The summed E-state index contributed by atoms with van der Waals surface area (Å²) in [6, 6.07) is 0. The van der Waals surface area contributed by atoms with Crippen LogP contribution in [-0.2, 0) is 10.0 Å². The summed E-state index contributed by atoms with van der Waals surface area (Å²) in [6.07, 6.45) is 2.63. The van der Waals surface area contributed by atoms with Crippen LogP contribution in [0.15, 0.2) is 0 Å². The highest BCUT2D eigenvalue weighted by atomic mass is 32.2. The van der Waals surface area contributed by atoms with Crippen molar-refractivity contribution in [2.75, 3.05) is 26.7 Å². The Labute approximate surface area is 86.7 Å². The van der Waals surface area contributed by atoms with E-state index < -0.39 is 10.0 Å². The van der Waals surface area contributed by atoms with Crippen LogP contribution >= 0.6 is 0 Å². The van der Waals surface area contributed by atoms with E-state index in [9.17, 15) is 8.42 Å². The van der Waals surface area contributed by atoms with E-state index in [-0.39, 0.29) is 5.25 Å². The molecule has 1 aliphatic heterocycles. The predicted octanol–water partition coefficient (Wildman–Crippen LogP) is 0.410. The number of hydrogen-bond acceptors (Lipinski definition) is 3. The SMILES string of the molecule is CCCN(C)S(=O)(=O)C1CCCNC1. The summed E-state index contributed by atoms with van der Waals surface area (Å²) in [4.78, 5) is 0. The zero-order chi connectivity index (χ0) is 10.6. The Morgan fingerprint density at radius 2 is 2.21 bits per heavy atom. The first-order chi connectivity index (χ1) is 6.59. The average molecular weight is 220 g/mol. The third-order valence-electron chi connectivity index (χ3n) is 2.65. The first-order valence-corrected chi connectivity index (χ1v) is 6.75. The van der Waals surface area contributed by atoms with Crippen molar-refractivity contribution in [1.29, 1.82) is 0 Å². The Balaban J connectivity index is 2.62. The molecule has 1 atom stereocenters. The maximum atomic E-state index is 12.0. The van der Waals surface area contributed by atoms with Gasteiger partial charge in [0, 0.05) is 20.1 Å². The molecule has 0 bridgehead atoms. The smallest absolute Gasteiger partial charge is 0.217 e. The fourth-order valence-electron chi connectivity index (χ4n) is 1.77. The van der Waals surface area contributed by atoms with Crippen molar-refractivity contribution in [2.45, 2.75) is 31.4 Å². The molecule has 84 valence electrons. The van der Waals surface area contributed by atoms with Gasteiger partial charge in [0.1, 0.15) is 0 Å². The van der Waals surface area contributed by atoms with Gasteiger partial charge in [0.05, 0.1) is 5.25 Å². The molecule has 0 radical (unpaired) electrons. The van der Waals surface area contributed by atoms with E-state index in [0.29, 0.717) is 13.1 Å². The molecule has 5 heteroatoms. The van der Waals surface area contributed by atoms with Crippen LogP contribution in [0.1, 0.15) is 26.2 Å². The fourth-order valence-corrected chi connectivity index (χ4v) is 3.51. The van der Waals surface area contributed by atoms with Crippen molar-refractivity contribution < 1.29 is 8.42 Å². The summed E-state index contributed by atoms with van der Waals surface area (Å²) in [5.41, 5.74) is 0. The molecular weight excluding hydrogens is 200 g/mol. The summed E-state index contributed by atoms with van der Waals surface area (Å²) in [5.74, 6) is 0. The lowest BCUT2D eigenvalue weighted by Gasteiger charge is -2.27. The molecule has 1 heterocycles. The first kappa shape index (κ1) is 11.9. The monoisotopic (exact) mass is 220 g/mol. The van der Waals surface area contributed by atoms with E-state index in [1.54, 1.807) is 7.05 Å². The van der Waals surface area contributed by atoms with Gasteiger partial charge in [-0.2, -0.15) is 0 Å². The van der Waals surface area contributed by atoms with Crippen molar-refractivity contribution >= 4 is 10.0 Å². The van der Waals surface area contributed by atoms with Crippen LogP contribution in [0.25, 0.3) is 0 Å². The van der Waals surface area contributed by atoms with Gasteiger partial charge in [0.15, 0.2) is 0 Å². The first-order valence-electron chi connectivity index (χ1n) is 5.25. The topological polar surface area (TPSA) is 49.4 Å². The predicted molar refractivity (Wildman–Crippen MR) is 57.7 cm³/mol. The maximum absolute atomic E-state index is 12.0. The Kier molecular flexibility index (Phi) is 4.34. The van der Waals surface area contributed by atoms with E-state index >= 15 is 0 Å². The van der Waals surface area contributed by atoms with Gasteiger partial charge in [-0.3, -0.25) is 0 Å². The number of sulfonamides is 1. The molecule has 14 heavy (non-hydrogen) atoms. The number of nitrogens with zero attached hydrogens (tertiary/aromatic N) is 1. The van der Waals surface area contributed by atoms with Crippen molar-refractivity contribution in [2.24, 2.45) is 0 Å². The normalized spacial score (nSPS) is 24.1. The number of nitrogens with one attached hydrogen (secondary N) is 1. The largest absolute Gasteiger partial charge is 0.315 e. The molecule has 1 saturated heterocycles. The molecule has 1 N–H and O–H groups in total. The molecule has 1 fully saturated rings. The van der Waals surface area contributed by atoms with E-state index in [2.05, 4.69) is 5.32 Å². The van der Waals surface area contributed by atoms with Crippen molar-refractivity contribution in [3.8, 4) is 0 Å². The van der Waals surface area contributed by atoms with Gasteiger partial charge in [0.2, 0.25) is 10.0 Å². The van der Waals surface area contributed by atoms with Gasteiger partial charge in [0.25, 0.3) is 0 Å². The van der Waals surface area contributed by atoms with Gasteiger partial charge in [-0.05, 0) is 25.8 Å². The Morgan fingerprint density at radius 1 is 1.50 bits per heavy atom. The van der Waals surface area contributed by atoms with Crippen LogP contribution in [0.5, 0.6) is 0 Å². The molecule has 0 aromatic heterocycles. The van der Waals surface area contributed by atoms with E-state index in [1.807, 2.05) is 6.92 Å². The highest BCUT2D eigenvalue weighted by Gasteiger charge is 2.30. The van der Waals surface area contributed by atoms with Gasteiger partial charge in [-0.25, -0.2) is 12.7 Å². The second kappa shape index (κ2) is 5.09. The Hall–Kier alpha value is -0.130. The number of rotatable bonds is 4. The summed E-state index contributed by atoms with van der Waals surface area (Å²) < 4.78 is 25.4. The van der Waals surface area contributed by atoms with Crippen LogP contribution in [-0.4, -0.2) is 44.7 Å². The molecule has 0 aromatic rings. The Bertz CT molecular complexity index is 258. The molecule has 4 nitrogen and oxygen atoms in total. The van der Waals surface area contributed by atoms with E-state index in [0.717, 1.165) is 25.8 Å². The number of piperidine rings is 1. The molecule has 0 saturated carbocycles. The van der Waals surface area contributed by atoms with Crippen molar-refractivity contribution in [1.82, 2.24) is 9.62 Å². The van der Waals surface area contributed by atoms with Crippen LogP contribution < -0.4 is 5.32 Å². The second-order valence-electron chi connectivity index (χ2n) is 3.83. The molecule has 1 rings (SSSR count). The summed E-state index contributed by atoms with van der Waals surface area (Å²) in [5, 5.41) is 2.92. The van der Waals surface area contributed by atoms with Gasteiger partial charge < -0.3 is 5.32 Å². The third kappa shape index (κ3) is 2.68. The molecule has 0 aliphatic carbocycles. The van der Waals surface area contributed by atoms with Crippen molar-refractivity contribution in [3.63, 3.8) is 0 Å². The zero-order valence-corrected chi connectivity index (χ0v) is 9.81. The summed E-state index contributed by atoms with van der Waals surface area (Å²) >= 11 is 0. The van der Waals surface area contributed by atoms with Crippen LogP contribution in [0.3, 0.4) is 0 Å². The fraction of sp³-hybridized carbons (Fsp3) is 1.00. The lowest BCUT2D eigenvalue weighted by Crippen LogP contribution is -2.45. The van der Waals surface area contributed by atoms with Gasteiger partial charge >= 0.3 is 0 Å². The average Bonchev–Trinajstić information content (AvgIpc) is 2.19. The molecule has 0 spiro atoms. The summed E-state index contributed by atoms with van der Waals surface area (Å²) in [7, 11) is -1.38. The standard InChI is InChI=1S/C9H20N2O2S/c1-3-7-11(2)14(12,13)9-5-4-6-10-8-9/h9-10H,3-8H2,1-2H3. The molecule has 1 unspecified atom stereocenters. The minimum absolute atomic E-state index is 0.215. The third-order valence-corrected chi connectivity index (χ3v) is 4.94. The van der Waals surface area contributed by atoms with Crippen LogP contribution in [0.2, 0.25) is 0 Å². The highest BCUT2D eigenvalue weighted by molar-refractivity contribution is 7.89. The summed E-state index contributed by atoms with van der Waals surface area (Å²) in [6.45, 7) is 4.17. The minimum atomic E-state index is -3.05. The van der Waals surface area contributed by atoms with E-state index in [4.69, 9.17) is 0 Å². The van der Waals surface area contributed by atoms with Gasteiger partial charge in [-0.15, -0.1) is 0 Å². The van der Waals surface area contributed by atoms with Crippen LogP contribution in [0.4, 0.5) is 0 Å². The highest BCUT2D eigenvalue weighted by Crippen LogP contribution is 2.15. The molecule has 0 aromatic carbocycles.